The summed E-state index contributed by atoms with van der Waals surface area (Å²) in [6, 6.07) is 0. The summed E-state index contributed by atoms with van der Waals surface area (Å²) >= 11 is 0. The van der Waals surface area contributed by atoms with E-state index in [-0.39, 0.29) is 0 Å². The number of nitrogens with one attached hydrogen (secondary N) is 2. The lowest BCUT2D eigenvalue weighted by atomic mass is 10.7. The van der Waals surface area contributed by atoms with E-state index in [1.165, 1.54) is 0 Å². The van der Waals surface area contributed by atoms with Gasteiger partial charge in [0.05, 0.1) is 0 Å². The van der Waals surface area contributed by atoms with E-state index in [2.05, 4.69) is 10.6 Å². The fraction of sp³-hybridized carbons (Fsp3) is 1.00. The lowest BCUT2D eigenvalue weighted by Gasteiger charge is -1.82. The fourth-order valence-corrected chi connectivity index (χ4v) is 0.442. The lowest BCUT2D eigenvalue weighted by molar-refractivity contribution is 0.275. The molecule has 6 nitrogen and oxygen atoms in total. The van der Waals surface area contributed by atoms with Crippen LogP contribution < -0.4 is 10.6 Å². The molecule has 1 heterocycles. The Bertz CT molecular complexity index is 104. The van der Waals surface area contributed by atoms with Gasteiger partial charge in [-0.3, -0.25) is 0 Å². The highest BCUT2D eigenvalue weighted by molar-refractivity contribution is 7.45. The molecule has 0 atom stereocenters. The minimum atomic E-state index is -4.64. The zero-order chi connectivity index (χ0) is 8.04. The molecule has 62 valence electrons. The molecule has 1 fully saturated rings. The van der Waals surface area contributed by atoms with Gasteiger partial charge >= 0.3 is 7.82 Å². The number of hydrogen-bond donors (Lipinski definition) is 5. The maximum atomic E-state index is 8.88. The van der Waals surface area contributed by atoms with Gasteiger partial charge in [0, 0.05) is 19.8 Å². The zero-order valence-corrected chi connectivity index (χ0v) is 6.21. The Kier molecular flexibility index (Phi) is 4.80. The van der Waals surface area contributed by atoms with Gasteiger partial charge in [-0.1, -0.05) is 0 Å². The predicted molar refractivity (Wildman–Crippen MR) is 35.1 cm³/mol. The Labute approximate surface area is 58.5 Å². The second-order valence-electron chi connectivity index (χ2n) is 1.69. The summed E-state index contributed by atoms with van der Waals surface area (Å²) in [5, 5.41) is 6.22. The van der Waals surface area contributed by atoms with E-state index in [9.17, 15) is 0 Å². The third-order valence-electron chi connectivity index (χ3n) is 0.729. The molecule has 1 saturated heterocycles. The van der Waals surface area contributed by atoms with Crippen molar-refractivity contribution in [1.82, 2.24) is 10.6 Å². The van der Waals surface area contributed by atoms with Crippen molar-refractivity contribution >= 4 is 7.82 Å². The Balaban J connectivity index is 0.000000162. The topological polar surface area (TPSA) is 102 Å². The standard InChI is InChI=1S/C3H8N2.H3O4P/c1-2-5-3-4-1;1-5(2,3)4/h4-5H,1-3H2;(H3,1,2,3,4). The van der Waals surface area contributed by atoms with Crippen molar-refractivity contribution in [3.05, 3.63) is 0 Å². The molecule has 5 N–H and O–H groups in total. The average molecular weight is 170 g/mol. The van der Waals surface area contributed by atoms with Crippen LogP contribution in [-0.2, 0) is 4.57 Å². The van der Waals surface area contributed by atoms with E-state index in [0.29, 0.717) is 0 Å². The minimum absolute atomic E-state index is 1.00. The van der Waals surface area contributed by atoms with Gasteiger partial charge in [0.1, 0.15) is 0 Å². The summed E-state index contributed by atoms with van der Waals surface area (Å²) in [4.78, 5) is 21.6. The monoisotopic (exact) mass is 170 g/mol. The second-order valence-corrected chi connectivity index (χ2v) is 2.72. The smallest absolute Gasteiger partial charge is 0.303 e. The molecule has 1 aliphatic heterocycles. The van der Waals surface area contributed by atoms with E-state index >= 15 is 0 Å². The molecule has 0 aromatic heterocycles. The number of phosphoric acid groups is 1. The molecule has 1 rings (SSSR count). The first-order valence-corrected chi connectivity index (χ1v) is 4.26. The average Bonchev–Trinajstić information content (AvgIpc) is 2.07. The van der Waals surface area contributed by atoms with E-state index < -0.39 is 7.82 Å². The third kappa shape index (κ3) is 15.7. The van der Waals surface area contributed by atoms with E-state index in [1.807, 2.05) is 0 Å². The van der Waals surface area contributed by atoms with Gasteiger partial charge in [0.2, 0.25) is 0 Å². The van der Waals surface area contributed by atoms with Gasteiger partial charge in [-0.2, -0.15) is 0 Å². The molecule has 0 bridgehead atoms. The maximum absolute atomic E-state index is 8.88. The van der Waals surface area contributed by atoms with Crippen molar-refractivity contribution in [1.29, 1.82) is 0 Å². The SMILES string of the molecule is C1CNCN1.O=P(O)(O)O. The fourth-order valence-electron chi connectivity index (χ4n) is 0.442. The van der Waals surface area contributed by atoms with E-state index in [0.717, 1.165) is 19.8 Å². The van der Waals surface area contributed by atoms with Crippen LogP contribution in [0.2, 0.25) is 0 Å². The van der Waals surface area contributed by atoms with Crippen LogP contribution in [0.5, 0.6) is 0 Å². The molecular weight excluding hydrogens is 159 g/mol. The summed E-state index contributed by atoms with van der Waals surface area (Å²) in [6.45, 7) is 3.28. The van der Waals surface area contributed by atoms with E-state index in [1.54, 1.807) is 0 Å². The third-order valence-corrected chi connectivity index (χ3v) is 0.729. The van der Waals surface area contributed by atoms with Gasteiger partial charge in [0.25, 0.3) is 0 Å². The summed E-state index contributed by atoms with van der Waals surface area (Å²) in [5.74, 6) is 0. The summed E-state index contributed by atoms with van der Waals surface area (Å²) in [6.07, 6.45) is 0. The van der Waals surface area contributed by atoms with Crippen LogP contribution in [0.25, 0.3) is 0 Å². The van der Waals surface area contributed by atoms with Gasteiger partial charge in [-0.25, -0.2) is 4.57 Å². The number of hydrogen-bond acceptors (Lipinski definition) is 3. The highest BCUT2D eigenvalue weighted by atomic mass is 31.2. The molecule has 0 saturated carbocycles. The quantitative estimate of drug-likeness (QED) is 0.275. The van der Waals surface area contributed by atoms with E-state index in [4.69, 9.17) is 19.2 Å². The van der Waals surface area contributed by atoms with Crippen molar-refractivity contribution in [2.24, 2.45) is 0 Å². The van der Waals surface area contributed by atoms with Crippen LogP contribution >= 0.6 is 7.82 Å². The van der Waals surface area contributed by atoms with Crippen LogP contribution in [0.3, 0.4) is 0 Å². The molecule has 10 heavy (non-hydrogen) atoms. The Morgan fingerprint density at radius 1 is 1.10 bits per heavy atom. The van der Waals surface area contributed by atoms with Crippen LogP contribution in [0.4, 0.5) is 0 Å². The van der Waals surface area contributed by atoms with Crippen LogP contribution in [0, 0.1) is 0 Å². The lowest BCUT2D eigenvalue weighted by Crippen LogP contribution is -2.11. The van der Waals surface area contributed by atoms with Crippen LogP contribution in [0.1, 0.15) is 0 Å². The molecule has 0 amide bonds. The minimum Gasteiger partial charge on any atom is -0.303 e. The second kappa shape index (κ2) is 4.79. The molecule has 0 aromatic carbocycles. The van der Waals surface area contributed by atoms with Crippen molar-refractivity contribution in [2.75, 3.05) is 19.8 Å². The summed E-state index contributed by atoms with van der Waals surface area (Å²) in [7, 11) is -4.64. The maximum Gasteiger partial charge on any atom is 0.466 e. The first kappa shape index (κ1) is 10.0. The molecule has 0 unspecified atom stereocenters. The predicted octanol–water partition coefficient (Wildman–Crippen LogP) is -1.79. The van der Waals surface area contributed by atoms with Crippen molar-refractivity contribution in [2.45, 2.75) is 0 Å². The highest BCUT2D eigenvalue weighted by Gasteiger charge is 2.00. The molecule has 0 aromatic rings. The Hall–Kier alpha value is 0.0300. The Morgan fingerprint density at radius 2 is 1.40 bits per heavy atom. The molecule has 0 spiro atoms. The molecule has 0 radical (unpaired) electrons. The molecular formula is C3H11N2O4P. The highest BCUT2D eigenvalue weighted by Crippen LogP contribution is 2.25. The normalized spacial score (nSPS) is 17.9. The first-order chi connectivity index (χ1) is 4.50. The first-order valence-electron chi connectivity index (χ1n) is 2.70. The number of rotatable bonds is 0. The van der Waals surface area contributed by atoms with Gasteiger partial charge in [0.15, 0.2) is 0 Å². The van der Waals surface area contributed by atoms with Crippen molar-refractivity contribution < 1.29 is 19.2 Å². The molecule has 7 heteroatoms. The van der Waals surface area contributed by atoms with Gasteiger partial charge in [-0.05, 0) is 0 Å². The molecule has 1 aliphatic rings. The zero-order valence-electron chi connectivity index (χ0n) is 5.32. The van der Waals surface area contributed by atoms with Gasteiger partial charge < -0.3 is 25.3 Å². The summed E-state index contributed by atoms with van der Waals surface area (Å²) in [5.41, 5.74) is 0. The largest absolute Gasteiger partial charge is 0.466 e. The van der Waals surface area contributed by atoms with Crippen LogP contribution in [-0.4, -0.2) is 34.4 Å². The van der Waals surface area contributed by atoms with Crippen molar-refractivity contribution in [3.8, 4) is 0 Å². The summed E-state index contributed by atoms with van der Waals surface area (Å²) < 4.78 is 8.88. The van der Waals surface area contributed by atoms with Gasteiger partial charge in [-0.15, -0.1) is 0 Å². The Morgan fingerprint density at radius 3 is 1.50 bits per heavy atom. The van der Waals surface area contributed by atoms with Crippen molar-refractivity contribution in [3.63, 3.8) is 0 Å². The molecule has 0 aliphatic carbocycles. The van der Waals surface area contributed by atoms with Crippen LogP contribution in [0.15, 0.2) is 0 Å².